The van der Waals surface area contributed by atoms with Crippen LogP contribution < -0.4 is 5.32 Å². The molecule has 0 atom stereocenters. The van der Waals surface area contributed by atoms with Crippen molar-refractivity contribution in [2.24, 2.45) is 0 Å². The monoisotopic (exact) mass is 576 g/mol. The number of furan rings is 1. The van der Waals surface area contributed by atoms with E-state index in [0.717, 1.165) is 24.4 Å². The first-order chi connectivity index (χ1) is 18.8. The van der Waals surface area contributed by atoms with Crippen LogP contribution in [0.4, 0.5) is 14.9 Å². The fourth-order valence-corrected chi connectivity index (χ4v) is 4.64. The van der Waals surface area contributed by atoms with Gasteiger partial charge >= 0.3 is 6.03 Å². The highest BCUT2D eigenvalue weighted by Gasteiger charge is 2.24. The Bertz CT molecular complexity index is 1260. The molecular formula is C28H31Cl2FN4O4. The number of nitrogens with one attached hydrogen (secondary N) is 1. The minimum Gasteiger partial charge on any atom is -0.464 e. The molecule has 0 aliphatic carbocycles. The summed E-state index contributed by atoms with van der Waals surface area (Å²) in [7, 11) is 0. The lowest BCUT2D eigenvalue weighted by Gasteiger charge is -2.31. The summed E-state index contributed by atoms with van der Waals surface area (Å²) in [5.41, 5.74) is 1.15. The topological polar surface area (TPSA) is 78.3 Å². The Morgan fingerprint density at radius 1 is 1.00 bits per heavy atom. The zero-order valence-corrected chi connectivity index (χ0v) is 23.2. The van der Waals surface area contributed by atoms with E-state index in [1.165, 1.54) is 23.1 Å². The number of ether oxygens (including phenoxy) is 1. The van der Waals surface area contributed by atoms with Crippen molar-refractivity contribution in [1.29, 1.82) is 0 Å². The fourth-order valence-electron chi connectivity index (χ4n) is 4.19. The maximum Gasteiger partial charge on any atom is 0.322 e. The lowest BCUT2D eigenvalue weighted by Crippen LogP contribution is -2.48. The van der Waals surface area contributed by atoms with Crippen molar-refractivity contribution < 1.29 is 23.1 Å². The van der Waals surface area contributed by atoms with Gasteiger partial charge in [-0.05, 0) is 55.0 Å². The molecule has 3 aromatic rings. The van der Waals surface area contributed by atoms with Gasteiger partial charge in [0.05, 0.1) is 30.5 Å². The Hall–Kier alpha value is -3.11. The molecule has 1 fully saturated rings. The molecule has 0 radical (unpaired) electrons. The number of aryl methyl sites for hydroxylation is 1. The molecule has 4 rings (SSSR count). The van der Waals surface area contributed by atoms with Gasteiger partial charge in [-0.15, -0.1) is 0 Å². The van der Waals surface area contributed by atoms with Crippen LogP contribution in [-0.2, 0) is 22.6 Å². The molecule has 0 bridgehead atoms. The van der Waals surface area contributed by atoms with Crippen molar-refractivity contribution in [3.05, 3.63) is 87.5 Å². The van der Waals surface area contributed by atoms with Crippen LogP contribution in [0.1, 0.15) is 17.1 Å². The predicted octanol–water partition coefficient (Wildman–Crippen LogP) is 5.43. The molecule has 11 heteroatoms. The second kappa shape index (κ2) is 13.8. The van der Waals surface area contributed by atoms with Gasteiger partial charge in [0.2, 0.25) is 5.91 Å². The molecule has 208 valence electrons. The van der Waals surface area contributed by atoms with Crippen molar-refractivity contribution in [2.75, 3.05) is 51.3 Å². The average Bonchev–Trinajstić information content (AvgIpc) is 3.33. The lowest BCUT2D eigenvalue weighted by molar-refractivity contribution is -0.133. The zero-order valence-electron chi connectivity index (χ0n) is 21.7. The summed E-state index contributed by atoms with van der Waals surface area (Å²) in [6.07, 6.45) is 0. The van der Waals surface area contributed by atoms with Gasteiger partial charge in [-0.3, -0.25) is 9.69 Å². The molecule has 1 aliphatic rings. The molecule has 39 heavy (non-hydrogen) atoms. The number of urea groups is 1. The third-order valence-corrected chi connectivity index (χ3v) is 6.91. The Morgan fingerprint density at radius 2 is 1.74 bits per heavy atom. The summed E-state index contributed by atoms with van der Waals surface area (Å²) in [6.45, 7) is 5.71. The van der Waals surface area contributed by atoms with Crippen molar-refractivity contribution in [1.82, 2.24) is 14.7 Å². The van der Waals surface area contributed by atoms with Gasteiger partial charge in [0.1, 0.15) is 23.9 Å². The van der Waals surface area contributed by atoms with E-state index in [2.05, 4.69) is 10.2 Å². The van der Waals surface area contributed by atoms with Crippen LogP contribution in [-0.4, -0.2) is 72.6 Å². The first-order valence-electron chi connectivity index (χ1n) is 12.7. The first-order valence-corrected chi connectivity index (χ1v) is 13.4. The number of carbonyl (C=O) groups excluding carboxylic acids is 2. The first kappa shape index (κ1) is 28.9. The smallest absolute Gasteiger partial charge is 0.322 e. The van der Waals surface area contributed by atoms with E-state index in [9.17, 15) is 14.0 Å². The van der Waals surface area contributed by atoms with Gasteiger partial charge in [0, 0.05) is 37.7 Å². The van der Waals surface area contributed by atoms with Crippen LogP contribution in [0.5, 0.6) is 0 Å². The van der Waals surface area contributed by atoms with Crippen molar-refractivity contribution in [3.8, 4) is 0 Å². The van der Waals surface area contributed by atoms with E-state index in [-0.39, 0.29) is 31.4 Å². The summed E-state index contributed by atoms with van der Waals surface area (Å²) in [4.78, 5) is 32.3. The highest BCUT2D eigenvalue weighted by molar-refractivity contribution is 6.36. The van der Waals surface area contributed by atoms with Crippen LogP contribution in [0.25, 0.3) is 0 Å². The summed E-state index contributed by atoms with van der Waals surface area (Å²) in [5.74, 6) is 0.698. The number of morpholine rings is 1. The van der Waals surface area contributed by atoms with Crippen LogP contribution >= 0.6 is 23.2 Å². The molecule has 2 heterocycles. The molecule has 1 aromatic heterocycles. The van der Waals surface area contributed by atoms with Gasteiger partial charge < -0.3 is 24.3 Å². The summed E-state index contributed by atoms with van der Waals surface area (Å²) < 4.78 is 24.6. The summed E-state index contributed by atoms with van der Waals surface area (Å²) in [5, 5.41) is 3.54. The Balaban J connectivity index is 1.52. The molecule has 0 unspecified atom stereocenters. The van der Waals surface area contributed by atoms with Gasteiger partial charge in [-0.2, -0.15) is 0 Å². The van der Waals surface area contributed by atoms with E-state index < -0.39 is 6.03 Å². The third kappa shape index (κ3) is 8.69. The average molecular weight is 577 g/mol. The Labute approximate surface area is 237 Å². The number of anilines is 1. The number of amides is 3. The molecule has 1 N–H and O–H groups in total. The predicted molar refractivity (Wildman–Crippen MR) is 148 cm³/mol. The number of carbonyl (C=O) groups is 2. The van der Waals surface area contributed by atoms with Gasteiger partial charge in [-0.25, -0.2) is 9.18 Å². The number of benzene rings is 2. The minimum atomic E-state index is -0.462. The number of rotatable bonds is 10. The van der Waals surface area contributed by atoms with Crippen LogP contribution in [0.15, 0.2) is 59.0 Å². The van der Waals surface area contributed by atoms with Gasteiger partial charge in [-0.1, -0.05) is 35.3 Å². The Kier molecular flexibility index (Phi) is 10.2. The Morgan fingerprint density at radius 3 is 2.41 bits per heavy atom. The van der Waals surface area contributed by atoms with E-state index in [4.69, 9.17) is 32.4 Å². The van der Waals surface area contributed by atoms with Crippen molar-refractivity contribution >= 4 is 40.8 Å². The lowest BCUT2D eigenvalue weighted by atomic mass is 10.2. The van der Waals surface area contributed by atoms with Crippen LogP contribution in [0.2, 0.25) is 10.0 Å². The second-order valence-electron chi connectivity index (χ2n) is 9.32. The van der Waals surface area contributed by atoms with E-state index >= 15 is 0 Å². The molecule has 2 aromatic carbocycles. The zero-order chi connectivity index (χ0) is 27.8. The van der Waals surface area contributed by atoms with E-state index in [0.29, 0.717) is 47.8 Å². The minimum absolute atomic E-state index is 0.178. The van der Waals surface area contributed by atoms with Gasteiger partial charge in [0.25, 0.3) is 0 Å². The molecule has 0 saturated carbocycles. The van der Waals surface area contributed by atoms with Gasteiger partial charge in [0.15, 0.2) is 0 Å². The SMILES string of the molecule is Cc1ccc(CN(Cc2ccc(F)cc2)C(=O)CN(CCN2CCOCC2)C(=O)Nc2ccc(Cl)cc2Cl)o1. The maximum atomic E-state index is 13.7. The van der Waals surface area contributed by atoms with Crippen molar-refractivity contribution in [2.45, 2.75) is 20.0 Å². The summed E-state index contributed by atoms with van der Waals surface area (Å²) in [6, 6.07) is 13.9. The normalized spacial score (nSPS) is 13.7. The van der Waals surface area contributed by atoms with Crippen LogP contribution in [0.3, 0.4) is 0 Å². The van der Waals surface area contributed by atoms with E-state index in [1.807, 2.05) is 19.1 Å². The molecule has 1 saturated heterocycles. The standard InChI is InChI=1S/C28H31Cl2FN4O4/c1-20-2-8-24(39-20)18-35(17-21-3-6-23(31)7-4-21)27(36)19-34(11-10-33-12-14-38-15-13-33)28(37)32-26-9-5-22(29)16-25(26)30/h2-9,16H,10-15,17-19H2,1H3,(H,32,37). The summed E-state index contributed by atoms with van der Waals surface area (Å²) >= 11 is 12.3. The second-order valence-corrected chi connectivity index (χ2v) is 10.2. The maximum absolute atomic E-state index is 13.7. The number of nitrogens with zero attached hydrogens (tertiary/aromatic N) is 3. The van der Waals surface area contributed by atoms with E-state index in [1.54, 1.807) is 29.2 Å². The molecular weight excluding hydrogens is 546 g/mol. The number of hydrogen-bond acceptors (Lipinski definition) is 5. The number of hydrogen-bond donors (Lipinski definition) is 1. The molecule has 8 nitrogen and oxygen atoms in total. The third-order valence-electron chi connectivity index (χ3n) is 6.36. The molecule has 0 spiro atoms. The van der Waals surface area contributed by atoms with Crippen molar-refractivity contribution in [3.63, 3.8) is 0 Å². The molecule has 1 aliphatic heterocycles. The fraction of sp³-hybridized carbons (Fsp3) is 0.357. The highest BCUT2D eigenvalue weighted by atomic mass is 35.5. The van der Waals surface area contributed by atoms with Crippen LogP contribution in [0, 0.1) is 12.7 Å². The largest absolute Gasteiger partial charge is 0.464 e. The molecule has 3 amide bonds. The highest BCUT2D eigenvalue weighted by Crippen LogP contribution is 2.25. The quantitative estimate of drug-likeness (QED) is 0.348. The number of halogens is 3.